The van der Waals surface area contributed by atoms with E-state index < -0.39 is 56.1 Å². The number of allylic oxidation sites excluding steroid dienone is 1. The molecule has 0 atom stereocenters. The highest BCUT2D eigenvalue weighted by molar-refractivity contribution is 7.91. The number of nitrogens with one attached hydrogen (secondary N) is 1. The first kappa shape index (κ1) is 20.8. The van der Waals surface area contributed by atoms with Crippen molar-refractivity contribution in [3.8, 4) is 0 Å². The Hall–Kier alpha value is -2.55. The van der Waals surface area contributed by atoms with Crippen LogP contribution >= 0.6 is 0 Å². The van der Waals surface area contributed by atoms with Crippen molar-refractivity contribution in [1.29, 1.82) is 0 Å². The molecule has 1 heterocycles. The number of carbonyl (C=O) groups is 1. The Morgan fingerprint density at radius 3 is 1.96 bits per heavy atom. The molecule has 2 rings (SSSR count). The molecule has 1 aromatic rings. The highest BCUT2D eigenvalue weighted by Crippen LogP contribution is 2.37. The molecule has 0 radical (unpaired) electrons. The molecule has 12 heteroatoms. The van der Waals surface area contributed by atoms with E-state index in [1.807, 2.05) is 0 Å². The molecule has 1 N–H and O–H groups in total. The molecule has 0 unspecified atom stereocenters. The molecular weight excluding hydrogens is 402 g/mol. The Kier molecular flexibility index (Phi) is 5.29. The second kappa shape index (κ2) is 6.88. The normalized spacial score (nSPS) is 19.0. The molecule has 0 aliphatic carbocycles. The number of benzene rings is 1. The largest absolute Gasteiger partial charge is 0.416 e. The number of nitrogens with zero attached hydrogens (tertiary/aromatic N) is 1. The van der Waals surface area contributed by atoms with Crippen LogP contribution in [0.1, 0.15) is 21.5 Å². The maximum Gasteiger partial charge on any atom is 0.416 e. The molecule has 0 spiro atoms. The quantitative estimate of drug-likeness (QED) is 0.351. The summed E-state index contributed by atoms with van der Waals surface area (Å²) in [6, 6.07) is 0.242. The van der Waals surface area contributed by atoms with Crippen molar-refractivity contribution in [1.82, 2.24) is 5.32 Å². The van der Waals surface area contributed by atoms with Crippen LogP contribution < -0.4 is 5.32 Å². The summed E-state index contributed by atoms with van der Waals surface area (Å²) in [5.74, 6) is -2.44. The lowest BCUT2D eigenvalue weighted by Crippen LogP contribution is -2.35. The number of hydrogen-bond donors (Lipinski definition) is 1. The molecular formula is C15H10F6N2O3S. The Labute approximate surface area is 149 Å². The monoisotopic (exact) mass is 412 g/mol. The van der Waals surface area contributed by atoms with E-state index in [0.717, 1.165) is 0 Å². The zero-order chi connectivity index (χ0) is 20.6. The van der Waals surface area contributed by atoms with Gasteiger partial charge >= 0.3 is 12.4 Å². The first-order chi connectivity index (χ1) is 12.2. The first-order valence-electron chi connectivity index (χ1n) is 7.14. The van der Waals surface area contributed by atoms with Crippen molar-refractivity contribution in [2.24, 2.45) is 0 Å². The fourth-order valence-electron chi connectivity index (χ4n) is 2.33. The predicted molar refractivity (Wildman–Crippen MR) is 81.1 cm³/mol. The molecule has 0 aromatic heterocycles. The fourth-order valence-corrected chi connectivity index (χ4v) is 3.57. The van der Waals surface area contributed by atoms with E-state index >= 15 is 0 Å². The maximum atomic E-state index is 12.9. The van der Waals surface area contributed by atoms with Gasteiger partial charge in [-0.15, -0.1) is 0 Å². The smallest absolute Gasteiger partial charge is 0.395 e. The van der Waals surface area contributed by atoms with Crippen molar-refractivity contribution in [3.05, 3.63) is 57.7 Å². The van der Waals surface area contributed by atoms with Gasteiger partial charge in [0.15, 0.2) is 15.6 Å². The lowest BCUT2D eigenvalue weighted by molar-refractivity contribution is -0.143. The van der Waals surface area contributed by atoms with Gasteiger partial charge in [-0.05, 0) is 18.2 Å². The summed E-state index contributed by atoms with van der Waals surface area (Å²) in [5, 5.41) is 2.49. The second-order valence-corrected chi connectivity index (χ2v) is 7.77. The van der Waals surface area contributed by atoms with Gasteiger partial charge in [-0.1, -0.05) is 0 Å². The number of ketones is 1. The van der Waals surface area contributed by atoms with Crippen LogP contribution in [-0.2, 0) is 22.2 Å². The van der Waals surface area contributed by atoms with Crippen LogP contribution in [0.15, 0.2) is 29.6 Å². The molecule has 146 valence electrons. The molecule has 1 saturated heterocycles. The highest BCUT2D eigenvalue weighted by atomic mass is 32.2. The van der Waals surface area contributed by atoms with Crippen LogP contribution in [0.4, 0.5) is 26.3 Å². The van der Waals surface area contributed by atoms with Gasteiger partial charge in [-0.2, -0.15) is 26.3 Å². The lowest BCUT2D eigenvalue weighted by atomic mass is 10.00. The van der Waals surface area contributed by atoms with E-state index in [4.69, 9.17) is 6.57 Å². The number of alkyl halides is 6. The molecule has 0 amide bonds. The molecule has 0 saturated carbocycles. The molecule has 1 aliphatic rings. The molecule has 1 aliphatic heterocycles. The van der Waals surface area contributed by atoms with Gasteiger partial charge in [0.25, 0.3) is 5.70 Å². The maximum absolute atomic E-state index is 12.9. The Balaban J connectivity index is 2.62. The van der Waals surface area contributed by atoms with Crippen molar-refractivity contribution in [3.63, 3.8) is 0 Å². The Morgan fingerprint density at radius 2 is 1.56 bits per heavy atom. The first-order valence-corrected chi connectivity index (χ1v) is 8.96. The van der Waals surface area contributed by atoms with Crippen LogP contribution in [0, 0.1) is 6.57 Å². The number of hydrogen-bond acceptors (Lipinski definition) is 4. The minimum atomic E-state index is -5.16. The number of carbonyl (C=O) groups excluding carboxylic acids is 1. The molecule has 1 aromatic carbocycles. The molecule has 5 nitrogen and oxygen atoms in total. The summed E-state index contributed by atoms with van der Waals surface area (Å²) in [6.07, 6.45) is -10.3. The summed E-state index contributed by atoms with van der Waals surface area (Å²) in [6.45, 7) is 6.89. The average Bonchev–Trinajstić information content (AvgIpc) is 2.52. The third-order valence-electron chi connectivity index (χ3n) is 3.58. The predicted octanol–water partition coefficient (Wildman–Crippen LogP) is 3.06. The Bertz CT molecular complexity index is 923. The molecule has 27 heavy (non-hydrogen) atoms. The number of rotatable bonds is 2. The van der Waals surface area contributed by atoms with Gasteiger partial charge in [-0.25, -0.2) is 13.3 Å². The third-order valence-corrected chi connectivity index (χ3v) is 5.13. The van der Waals surface area contributed by atoms with Crippen LogP contribution in [0.25, 0.3) is 4.85 Å². The average molecular weight is 412 g/mol. The van der Waals surface area contributed by atoms with Crippen LogP contribution in [-0.4, -0.2) is 32.3 Å². The minimum absolute atomic E-state index is 0.139. The lowest BCUT2D eigenvalue weighted by Gasteiger charge is -2.19. The zero-order valence-corrected chi connectivity index (χ0v) is 14.0. The van der Waals surface area contributed by atoms with E-state index in [9.17, 15) is 39.6 Å². The minimum Gasteiger partial charge on any atom is -0.395 e. The van der Waals surface area contributed by atoms with Crippen molar-refractivity contribution >= 4 is 15.6 Å². The third kappa shape index (κ3) is 4.79. The number of halogens is 6. The number of sulfone groups is 1. The number of Topliss-reactive ketones (excluding diaryl/α,β-unsaturated/α-hetero) is 1. The van der Waals surface area contributed by atoms with E-state index in [2.05, 4.69) is 10.2 Å². The van der Waals surface area contributed by atoms with Gasteiger partial charge in [-0.3, -0.25) is 0 Å². The van der Waals surface area contributed by atoms with E-state index in [1.165, 1.54) is 0 Å². The standard InChI is InChI=1S/C15H10F6N2O3S/c1-22-12(11-7-27(25,26)3-2-23-11)13(24)8-4-9(14(16,17)18)6-10(5-8)15(19,20)21/h4-6,23H,2-3,7H2/b12-11+. The highest BCUT2D eigenvalue weighted by Gasteiger charge is 2.38. The van der Waals surface area contributed by atoms with Crippen molar-refractivity contribution < 1.29 is 39.6 Å². The van der Waals surface area contributed by atoms with Gasteiger partial charge in [0.2, 0.25) is 0 Å². The van der Waals surface area contributed by atoms with E-state index in [0.29, 0.717) is 0 Å². The summed E-state index contributed by atoms with van der Waals surface area (Å²) < 4.78 is 101. The summed E-state index contributed by atoms with van der Waals surface area (Å²) in [4.78, 5) is 15.2. The van der Waals surface area contributed by atoms with Gasteiger partial charge in [0.1, 0.15) is 0 Å². The van der Waals surface area contributed by atoms with Crippen LogP contribution in [0.3, 0.4) is 0 Å². The van der Waals surface area contributed by atoms with Gasteiger partial charge in [0, 0.05) is 17.8 Å². The van der Waals surface area contributed by atoms with Crippen LogP contribution in [0.2, 0.25) is 0 Å². The summed E-state index contributed by atoms with van der Waals surface area (Å²) in [5.41, 5.74) is -5.66. The van der Waals surface area contributed by atoms with Gasteiger partial charge < -0.3 is 10.1 Å². The van der Waals surface area contributed by atoms with Crippen molar-refractivity contribution in [2.45, 2.75) is 12.4 Å². The molecule has 0 bridgehead atoms. The van der Waals surface area contributed by atoms with Crippen molar-refractivity contribution in [2.75, 3.05) is 18.1 Å². The van der Waals surface area contributed by atoms with E-state index in [-0.39, 0.29) is 36.2 Å². The summed E-state index contributed by atoms with van der Waals surface area (Å²) >= 11 is 0. The topological polar surface area (TPSA) is 67.6 Å². The second-order valence-electron chi connectivity index (χ2n) is 5.58. The Morgan fingerprint density at radius 1 is 1.04 bits per heavy atom. The van der Waals surface area contributed by atoms with E-state index in [1.54, 1.807) is 0 Å². The SMILES string of the molecule is [C-]#[N+]/C(C(=O)c1cc(C(F)(F)F)cc(C(F)(F)F)c1)=C1\CS(=O)(=O)CCN1. The zero-order valence-electron chi connectivity index (χ0n) is 13.2. The van der Waals surface area contributed by atoms with Crippen LogP contribution in [0.5, 0.6) is 0 Å². The summed E-state index contributed by atoms with van der Waals surface area (Å²) in [7, 11) is -3.64. The molecule has 1 fully saturated rings. The van der Waals surface area contributed by atoms with Gasteiger partial charge in [0.05, 0.1) is 29.2 Å². The fraction of sp³-hybridized carbons (Fsp3) is 0.333.